The molecule has 3 heterocycles. The molecule has 0 spiro atoms. The van der Waals surface area contributed by atoms with Crippen molar-refractivity contribution in [1.82, 2.24) is 14.9 Å². The van der Waals surface area contributed by atoms with E-state index in [0.717, 1.165) is 23.8 Å². The van der Waals surface area contributed by atoms with Gasteiger partial charge in [0.25, 0.3) is 5.56 Å². The Hall–Kier alpha value is -1.87. The lowest BCUT2D eigenvalue weighted by molar-refractivity contribution is -0.247. The molecule has 0 saturated carbocycles. The van der Waals surface area contributed by atoms with E-state index < -0.39 is 101 Å². The SMILES string of the molecule is CC(=O)N[C@H]1C(OP(=O)(O)OP(=O)(O)OC[C@H]2O[C@@H](n3ccc(=O)[nH]c3=O)[C@H](O)[C@@H]2O)O[C@H](CO)[C@@H](O)[C@@H]1O. The molecule has 1 amide bonds. The van der Waals surface area contributed by atoms with Gasteiger partial charge in [0.1, 0.15) is 42.7 Å². The van der Waals surface area contributed by atoms with Crippen molar-refractivity contribution in [3.05, 3.63) is 33.1 Å². The Morgan fingerprint density at radius 3 is 2.28 bits per heavy atom. The summed E-state index contributed by atoms with van der Waals surface area (Å²) < 4.78 is 49.2. The molecule has 3 unspecified atom stereocenters. The van der Waals surface area contributed by atoms with Crippen molar-refractivity contribution in [3.8, 4) is 0 Å². The highest BCUT2D eigenvalue weighted by Gasteiger charge is 2.50. The van der Waals surface area contributed by atoms with Gasteiger partial charge in [-0.05, 0) is 0 Å². The molecule has 0 bridgehead atoms. The van der Waals surface area contributed by atoms with Gasteiger partial charge in [-0.25, -0.2) is 13.9 Å². The van der Waals surface area contributed by atoms with Crippen LogP contribution in [0, 0.1) is 0 Å². The number of amides is 1. The smallest absolute Gasteiger partial charge is 0.394 e. The van der Waals surface area contributed by atoms with Gasteiger partial charge in [0.15, 0.2) is 12.5 Å². The van der Waals surface area contributed by atoms with E-state index in [0.29, 0.717) is 0 Å². The van der Waals surface area contributed by atoms with Crippen molar-refractivity contribution in [1.29, 1.82) is 0 Å². The number of rotatable bonds is 10. The standard InChI is InChI=1S/C17H27N3O17P2/c1-6(22)18-10-13(26)11(24)7(4-21)35-16(10)36-39(31,32)37-38(29,30)33-5-8-12(25)14(27)15(34-8)20-3-2-9(23)19-17(20)28/h2-3,7-8,10-16,21,24-27H,4-5H2,1H3,(H,18,22)(H,29,30)(H,31,32)(H,19,23,28)/t7-,8-,10-,11-,12-,13-,14-,15-,16?/m1/s1. The maximum absolute atomic E-state index is 12.4. The summed E-state index contributed by atoms with van der Waals surface area (Å²) in [7, 11) is -11.1. The Labute approximate surface area is 217 Å². The van der Waals surface area contributed by atoms with E-state index in [2.05, 4.69) is 18.7 Å². The van der Waals surface area contributed by atoms with Gasteiger partial charge in [-0.2, -0.15) is 4.31 Å². The second-order valence-corrected chi connectivity index (χ2v) is 11.4. The third-order valence-electron chi connectivity index (χ3n) is 5.56. The summed E-state index contributed by atoms with van der Waals surface area (Å²) in [6.45, 7) is -0.940. The van der Waals surface area contributed by atoms with Crippen molar-refractivity contribution in [2.45, 2.75) is 62.1 Å². The first-order valence-corrected chi connectivity index (χ1v) is 14.0. The molecule has 22 heteroatoms. The molecule has 9 N–H and O–H groups in total. The van der Waals surface area contributed by atoms with Gasteiger partial charge in [-0.1, -0.05) is 0 Å². The van der Waals surface area contributed by atoms with E-state index >= 15 is 0 Å². The van der Waals surface area contributed by atoms with Crippen molar-refractivity contribution >= 4 is 21.6 Å². The third-order valence-corrected chi connectivity index (χ3v) is 8.16. The highest BCUT2D eigenvalue weighted by molar-refractivity contribution is 7.61. The zero-order chi connectivity index (χ0) is 29.3. The fourth-order valence-corrected chi connectivity index (χ4v) is 5.92. The van der Waals surface area contributed by atoms with Gasteiger partial charge >= 0.3 is 21.3 Å². The molecule has 3 rings (SSSR count). The number of aliphatic hydroxyl groups excluding tert-OH is 5. The summed E-state index contributed by atoms with van der Waals surface area (Å²) in [6, 6.07) is -0.766. The monoisotopic (exact) mass is 607 g/mol. The van der Waals surface area contributed by atoms with Crippen LogP contribution in [0.5, 0.6) is 0 Å². The number of aromatic amines is 1. The average molecular weight is 607 g/mol. The number of phosphoric acid groups is 2. The molecular formula is C17H27N3O17P2. The minimum Gasteiger partial charge on any atom is -0.394 e. The van der Waals surface area contributed by atoms with Crippen LogP contribution in [0.4, 0.5) is 0 Å². The van der Waals surface area contributed by atoms with Crippen LogP contribution in [-0.2, 0) is 36.8 Å². The molecule has 222 valence electrons. The number of nitrogens with zero attached hydrogens (tertiary/aromatic N) is 1. The maximum atomic E-state index is 12.4. The van der Waals surface area contributed by atoms with Gasteiger partial charge < -0.3 is 50.1 Å². The van der Waals surface area contributed by atoms with E-state index in [1.54, 1.807) is 0 Å². The first-order chi connectivity index (χ1) is 18.0. The summed E-state index contributed by atoms with van der Waals surface area (Å²) in [5, 5.41) is 51.9. The zero-order valence-electron chi connectivity index (χ0n) is 19.8. The fourth-order valence-electron chi connectivity index (χ4n) is 3.76. The Morgan fingerprint density at radius 2 is 1.69 bits per heavy atom. The van der Waals surface area contributed by atoms with E-state index in [4.69, 9.17) is 9.47 Å². The van der Waals surface area contributed by atoms with Crippen LogP contribution < -0.4 is 16.6 Å². The molecule has 0 aromatic carbocycles. The summed E-state index contributed by atoms with van der Waals surface area (Å²) in [5.74, 6) is -0.796. The van der Waals surface area contributed by atoms with Crippen molar-refractivity contribution < 1.29 is 72.1 Å². The molecule has 39 heavy (non-hydrogen) atoms. The van der Waals surface area contributed by atoms with Crippen LogP contribution in [0.2, 0.25) is 0 Å². The first kappa shape index (κ1) is 31.7. The number of aliphatic hydroxyl groups is 5. The second kappa shape index (κ2) is 12.3. The van der Waals surface area contributed by atoms with Crippen LogP contribution in [0.15, 0.2) is 21.9 Å². The van der Waals surface area contributed by atoms with E-state index in [1.807, 2.05) is 4.98 Å². The van der Waals surface area contributed by atoms with Gasteiger partial charge in [0.2, 0.25) is 5.91 Å². The summed E-state index contributed by atoms with van der Waals surface area (Å²) in [4.78, 5) is 56.4. The van der Waals surface area contributed by atoms with Crippen LogP contribution in [0.3, 0.4) is 0 Å². The lowest BCUT2D eigenvalue weighted by atomic mass is 9.97. The molecular weight excluding hydrogens is 580 g/mol. The van der Waals surface area contributed by atoms with E-state index in [9.17, 15) is 58.8 Å². The predicted octanol–water partition coefficient (Wildman–Crippen LogP) is -4.65. The highest BCUT2D eigenvalue weighted by Crippen LogP contribution is 2.61. The highest BCUT2D eigenvalue weighted by atomic mass is 31.3. The molecule has 2 fully saturated rings. The summed E-state index contributed by atoms with van der Waals surface area (Å²) in [5.41, 5.74) is -1.75. The number of aromatic nitrogens is 2. The molecule has 11 atom stereocenters. The normalized spacial score (nSPS) is 36.2. The Balaban J connectivity index is 1.66. The van der Waals surface area contributed by atoms with Crippen molar-refractivity contribution in [2.24, 2.45) is 0 Å². The number of carbonyl (C=O) groups excluding carboxylic acids is 1. The molecule has 0 aliphatic carbocycles. The quantitative estimate of drug-likeness (QED) is 0.113. The van der Waals surface area contributed by atoms with Crippen molar-refractivity contribution in [2.75, 3.05) is 13.2 Å². The van der Waals surface area contributed by atoms with Gasteiger partial charge in [-0.15, -0.1) is 0 Å². The van der Waals surface area contributed by atoms with Gasteiger partial charge in [0.05, 0.1) is 13.2 Å². The number of ether oxygens (including phenoxy) is 2. The number of hydrogen-bond donors (Lipinski definition) is 9. The van der Waals surface area contributed by atoms with Crippen molar-refractivity contribution in [3.63, 3.8) is 0 Å². The average Bonchev–Trinajstić information content (AvgIpc) is 3.10. The molecule has 2 aliphatic rings. The Bertz CT molecular complexity index is 1240. The number of phosphoric ester groups is 2. The number of H-pyrrole nitrogens is 1. The molecule has 1 aromatic rings. The molecule has 1 aromatic heterocycles. The lowest BCUT2D eigenvalue weighted by Crippen LogP contribution is -2.64. The van der Waals surface area contributed by atoms with E-state index in [-0.39, 0.29) is 0 Å². The Morgan fingerprint density at radius 1 is 1.05 bits per heavy atom. The number of carbonyl (C=O) groups is 1. The first-order valence-electron chi connectivity index (χ1n) is 11.0. The van der Waals surface area contributed by atoms with Crippen LogP contribution in [0.25, 0.3) is 0 Å². The predicted molar refractivity (Wildman–Crippen MR) is 120 cm³/mol. The van der Waals surface area contributed by atoms with Gasteiger partial charge in [0, 0.05) is 19.2 Å². The number of hydrogen-bond acceptors (Lipinski definition) is 15. The minimum atomic E-state index is -5.63. The van der Waals surface area contributed by atoms with E-state index in [1.165, 1.54) is 0 Å². The number of nitrogens with one attached hydrogen (secondary N) is 2. The van der Waals surface area contributed by atoms with Crippen LogP contribution in [0.1, 0.15) is 13.2 Å². The maximum Gasteiger partial charge on any atom is 0.483 e. The largest absolute Gasteiger partial charge is 0.483 e. The molecule has 2 aliphatic heterocycles. The van der Waals surface area contributed by atoms with Crippen LogP contribution >= 0.6 is 15.6 Å². The molecule has 20 nitrogen and oxygen atoms in total. The minimum absolute atomic E-state index is 0.723. The Kier molecular flexibility index (Phi) is 10.0. The third kappa shape index (κ3) is 7.66. The summed E-state index contributed by atoms with van der Waals surface area (Å²) in [6.07, 6.45) is -13.0. The van der Waals surface area contributed by atoms with Crippen LogP contribution in [-0.4, -0.2) is 113 Å². The zero-order valence-corrected chi connectivity index (χ0v) is 21.6. The topological polar surface area (TPSA) is 306 Å². The molecule has 2 saturated heterocycles. The summed E-state index contributed by atoms with van der Waals surface area (Å²) >= 11 is 0. The lowest BCUT2D eigenvalue weighted by Gasteiger charge is -2.42. The molecule has 0 radical (unpaired) electrons. The second-order valence-electron chi connectivity index (χ2n) is 8.42. The fraction of sp³-hybridized carbons (Fsp3) is 0.706. The van der Waals surface area contributed by atoms with Gasteiger partial charge in [-0.3, -0.25) is 28.2 Å².